The fraction of sp³-hybridized carbons (Fsp3) is 0.300. The van der Waals surface area contributed by atoms with Crippen molar-refractivity contribution >= 4 is 11.9 Å². The van der Waals surface area contributed by atoms with E-state index in [-0.39, 0.29) is 0 Å². The van der Waals surface area contributed by atoms with E-state index in [2.05, 4.69) is 5.32 Å². The summed E-state index contributed by atoms with van der Waals surface area (Å²) in [5.74, 6) is -0.427. The molecule has 0 aromatic heterocycles. The number of carbonyl (C=O) groups is 2. The van der Waals surface area contributed by atoms with Crippen LogP contribution in [0, 0.1) is 0 Å². The van der Waals surface area contributed by atoms with Crippen molar-refractivity contribution in [3.8, 4) is 23.0 Å². The second-order valence-corrected chi connectivity index (χ2v) is 5.57. The summed E-state index contributed by atoms with van der Waals surface area (Å²) >= 11 is 0. The lowest BCUT2D eigenvalue weighted by molar-refractivity contribution is -0.159. The van der Waals surface area contributed by atoms with E-state index < -0.39 is 11.9 Å². The van der Waals surface area contributed by atoms with Gasteiger partial charge in [-0.15, -0.1) is 0 Å². The van der Waals surface area contributed by atoms with Crippen molar-refractivity contribution in [2.75, 3.05) is 28.4 Å². The molecule has 0 aliphatic carbocycles. The highest BCUT2D eigenvalue weighted by Gasteiger charge is 2.08. The first kappa shape index (κ1) is 23.6. The van der Waals surface area contributed by atoms with E-state index in [1.54, 1.807) is 28.4 Å². The van der Waals surface area contributed by atoms with Gasteiger partial charge in [-0.25, -0.2) is 9.59 Å². The summed E-state index contributed by atoms with van der Waals surface area (Å²) in [4.78, 5) is 18.2. The molecule has 2 aromatic rings. The van der Waals surface area contributed by atoms with Crippen molar-refractivity contribution in [1.82, 2.24) is 5.32 Å². The highest BCUT2D eigenvalue weighted by molar-refractivity contribution is 6.27. The standard InChI is InChI=1S/C18H23NO4.C2H2O4/c1-20-15-7-8-17(22-3)14(9-15)12-19-11-13-5-6-16(21-2)10-18(13)23-4;3-1(4)2(5)6/h5-10,19H,11-12H2,1-4H3;(H,3,4)(H,5,6). The largest absolute Gasteiger partial charge is 0.497 e. The smallest absolute Gasteiger partial charge is 0.414 e. The van der Waals surface area contributed by atoms with Crippen LogP contribution < -0.4 is 24.3 Å². The summed E-state index contributed by atoms with van der Waals surface area (Å²) < 4.78 is 21.3. The molecule has 0 bridgehead atoms. The maximum Gasteiger partial charge on any atom is 0.414 e. The fourth-order valence-electron chi connectivity index (χ4n) is 2.35. The van der Waals surface area contributed by atoms with Crippen LogP contribution in [-0.4, -0.2) is 50.6 Å². The van der Waals surface area contributed by atoms with Gasteiger partial charge in [-0.05, 0) is 24.3 Å². The molecule has 2 rings (SSSR count). The van der Waals surface area contributed by atoms with E-state index in [0.717, 1.165) is 34.1 Å². The van der Waals surface area contributed by atoms with Crippen LogP contribution in [0.5, 0.6) is 23.0 Å². The van der Waals surface area contributed by atoms with Gasteiger partial charge in [0, 0.05) is 30.3 Å². The molecular weight excluding hydrogens is 382 g/mol. The highest BCUT2D eigenvalue weighted by Crippen LogP contribution is 2.26. The van der Waals surface area contributed by atoms with Crippen molar-refractivity contribution in [2.45, 2.75) is 13.1 Å². The van der Waals surface area contributed by atoms with Gasteiger partial charge in [-0.3, -0.25) is 0 Å². The molecule has 0 atom stereocenters. The molecule has 0 spiro atoms. The van der Waals surface area contributed by atoms with Crippen LogP contribution in [0.3, 0.4) is 0 Å². The van der Waals surface area contributed by atoms with Crippen molar-refractivity contribution in [3.05, 3.63) is 47.5 Å². The SMILES string of the molecule is COc1ccc(OC)c(CNCc2ccc(OC)cc2OC)c1.O=C(O)C(=O)O. The number of benzene rings is 2. The van der Waals surface area contributed by atoms with Crippen molar-refractivity contribution in [1.29, 1.82) is 0 Å². The number of hydrogen-bond acceptors (Lipinski definition) is 7. The van der Waals surface area contributed by atoms with Crippen LogP contribution in [0.4, 0.5) is 0 Å². The monoisotopic (exact) mass is 407 g/mol. The maximum atomic E-state index is 9.10. The molecular formula is C20H25NO8. The number of rotatable bonds is 8. The van der Waals surface area contributed by atoms with E-state index in [0.29, 0.717) is 13.1 Å². The molecule has 9 nitrogen and oxygen atoms in total. The predicted molar refractivity (Wildman–Crippen MR) is 105 cm³/mol. The Morgan fingerprint density at radius 2 is 1.24 bits per heavy atom. The Kier molecular flexibility index (Phi) is 9.83. The van der Waals surface area contributed by atoms with Crippen LogP contribution in [0.15, 0.2) is 36.4 Å². The lowest BCUT2D eigenvalue weighted by Crippen LogP contribution is -2.14. The average Bonchev–Trinajstić information content (AvgIpc) is 2.74. The number of carboxylic acid groups (broad SMARTS) is 2. The summed E-state index contributed by atoms with van der Waals surface area (Å²) in [6.45, 7) is 1.34. The Balaban J connectivity index is 0.000000612. The number of ether oxygens (including phenoxy) is 4. The second-order valence-electron chi connectivity index (χ2n) is 5.57. The van der Waals surface area contributed by atoms with Gasteiger partial charge in [0.25, 0.3) is 0 Å². The molecule has 0 fully saturated rings. The Bertz CT molecular complexity index is 810. The Morgan fingerprint density at radius 3 is 1.76 bits per heavy atom. The van der Waals surface area contributed by atoms with Gasteiger partial charge in [-0.1, -0.05) is 6.07 Å². The average molecular weight is 407 g/mol. The number of methoxy groups -OCH3 is 4. The lowest BCUT2D eigenvalue weighted by atomic mass is 10.1. The molecule has 0 radical (unpaired) electrons. The van der Waals surface area contributed by atoms with Gasteiger partial charge >= 0.3 is 11.9 Å². The van der Waals surface area contributed by atoms with Crippen LogP contribution in [0.25, 0.3) is 0 Å². The van der Waals surface area contributed by atoms with Crippen LogP contribution in [0.1, 0.15) is 11.1 Å². The van der Waals surface area contributed by atoms with Gasteiger partial charge in [-0.2, -0.15) is 0 Å². The number of aliphatic carboxylic acids is 2. The van der Waals surface area contributed by atoms with E-state index in [1.165, 1.54) is 0 Å². The molecule has 0 amide bonds. The van der Waals surface area contributed by atoms with Crippen molar-refractivity contribution in [2.24, 2.45) is 0 Å². The lowest BCUT2D eigenvalue weighted by Gasteiger charge is -2.13. The van der Waals surface area contributed by atoms with E-state index >= 15 is 0 Å². The first-order valence-electron chi connectivity index (χ1n) is 8.45. The van der Waals surface area contributed by atoms with E-state index in [4.69, 9.17) is 38.7 Å². The number of carboxylic acids is 2. The molecule has 0 unspecified atom stereocenters. The Morgan fingerprint density at radius 1 is 0.724 bits per heavy atom. The summed E-state index contributed by atoms with van der Waals surface area (Å²) in [6, 6.07) is 11.6. The van der Waals surface area contributed by atoms with Gasteiger partial charge in [0.05, 0.1) is 28.4 Å². The number of nitrogens with one attached hydrogen (secondary N) is 1. The quantitative estimate of drug-likeness (QED) is 0.565. The summed E-state index contributed by atoms with van der Waals surface area (Å²) in [5.41, 5.74) is 2.11. The zero-order valence-corrected chi connectivity index (χ0v) is 16.7. The summed E-state index contributed by atoms with van der Waals surface area (Å²) in [7, 11) is 6.62. The van der Waals surface area contributed by atoms with Gasteiger partial charge in [0.2, 0.25) is 0 Å². The minimum absolute atomic E-state index is 0.662. The van der Waals surface area contributed by atoms with E-state index in [9.17, 15) is 0 Å². The minimum Gasteiger partial charge on any atom is -0.497 e. The van der Waals surface area contributed by atoms with Crippen molar-refractivity contribution in [3.63, 3.8) is 0 Å². The maximum absolute atomic E-state index is 9.10. The fourth-order valence-corrected chi connectivity index (χ4v) is 2.35. The van der Waals surface area contributed by atoms with Crippen molar-refractivity contribution < 1.29 is 38.7 Å². The minimum atomic E-state index is -1.82. The molecule has 158 valence electrons. The molecule has 0 heterocycles. The third-order valence-corrected chi connectivity index (χ3v) is 3.80. The molecule has 0 aliphatic rings. The molecule has 0 saturated carbocycles. The Hall–Kier alpha value is -3.46. The topological polar surface area (TPSA) is 124 Å². The zero-order chi connectivity index (χ0) is 21.8. The predicted octanol–water partition coefficient (Wildman–Crippen LogP) is 2.17. The molecule has 9 heteroatoms. The summed E-state index contributed by atoms with van der Waals surface area (Å²) in [6.07, 6.45) is 0. The summed E-state index contributed by atoms with van der Waals surface area (Å²) in [5, 5.41) is 18.2. The van der Waals surface area contributed by atoms with Crippen LogP contribution in [-0.2, 0) is 22.7 Å². The first-order chi connectivity index (χ1) is 13.9. The van der Waals surface area contributed by atoms with Gasteiger partial charge in [0.1, 0.15) is 23.0 Å². The molecule has 0 aliphatic heterocycles. The highest BCUT2D eigenvalue weighted by atomic mass is 16.5. The Labute approximate surface area is 168 Å². The van der Waals surface area contributed by atoms with Crippen LogP contribution >= 0.6 is 0 Å². The molecule has 0 saturated heterocycles. The van der Waals surface area contributed by atoms with Gasteiger partial charge < -0.3 is 34.5 Å². The number of hydrogen-bond donors (Lipinski definition) is 3. The third kappa shape index (κ3) is 7.59. The van der Waals surface area contributed by atoms with E-state index in [1.807, 2.05) is 36.4 Å². The van der Waals surface area contributed by atoms with Gasteiger partial charge in [0.15, 0.2) is 0 Å². The first-order valence-corrected chi connectivity index (χ1v) is 8.45. The zero-order valence-electron chi connectivity index (χ0n) is 16.7. The third-order valence-electron chi connectivity index (χ3n) is 3.80. The molecule has 2 aromatic carbocycles. The molecule has 29 heavy (non-hydrogen) atoms. The van der Waals surface area contributed by atoms with Crippen LogP contribution in [0.2, 0.25) is 0 Å². The normalized spacial score (nSPS) is 9.66. The molecule has 3 N–H and O–H groups in total. The second kappa shape index (κ2) is 12.1.